The van der Waals surface area contributed by atoms with Crippen LogP contribution in [-0.4, -0.2) is 17.9 Å². The molecule has 0 spiro atoms. The molecule has 0 unspecified atom stereocenters. The van der Waals surface area contributed by atoms with Crippen molar-refractivity contribution in [3.8, 4) is 5.75 Å². The molecule has 1 N–H and O–H groups in total. The number of halogens is 1. The Hall–Kier alpha value is -2.60. The van der Waals surface area contributed by atoms with Gasteiger partial charge in [-0.1, -0.05) is 17.7 Å². The molecule has 0 heterocycles. The number of carbonyl (C=O) groups is 1. The summed E-state index contributed by atoms with van der Waals surface area (Å²) in [7, 11) is 1.50. The van der Waals surface area contributed by atoms with Gasteiger partial charge in [-0.3, -0.25) is 14.9 Å². The first kappa shape index (κ1) is 14.8. The lowest BCUT2D eigenvalue weighted by molar-refractivity contribution is -0.384. The number of anilines is 1. The van der Waals surface area contributed by atoms with Crippen LogP contribution in [0.3, 0.4) is 0 Å². The van der Waals surface area contributed by atoms with Crippen LogP contribution in [0, 0.1) is 10.1 Å². The number of nitrogens with one attached hydrogen (secondary N) is 1. The van der Waals surface area contributed by atoms with E-state index in [1.165, 1.54) is 25.3 Å². The standard InChI is InChI=1S/C14H11ClN2O4/c1-21-11-4-2-3-9(7-11)14(18)16-10-5-6-12(15)13(8-10)17(19)20/h2-8H,1H3,(H,16,18). The van der Waals surface area contributed by atoms with Crippen LogP contribution < -0.4 is 10.1 Å². The smallest absolute Gasteiger partial charge is 0.289 e. The van der Waals surface area contributed by atoms with E-state index in [9.17, 15) is 14.9 Å². The maximum Gasteiger partial charge on any atom is 0.289 e. The van der Waals surface area contributed by atoms with E-state index in [1.54, 1.807) is 24.3 Å². The molecule has 0 atom stereocenters. The fraction of sp³-hybridized carbons (Fsp3) is 0.0714. The zero-order valence-electron chi connectivity index (χ0n) is 11.0. The Morgan fingerprint density at radius 3 is 2.71 bits per heavy atom. The van der Waals surface area contributed by atoms with Gasteiger partial charge in [0.15, 0.2) is 0 Å². The molecular formula is C14H11ClN2O4. The molecule has 21 heavy (non-hydrogen) atoms. The second kappa shape index (κ2) is 6.23. The van der Waals surface area contributed by atoms with Gasteiger partial charge in [-0.2, -0.15) is 0 Å². The largest absolute Gasteiger partial charge is 0.497 e. The van der Waals surface area contributed by atoms with Gasteiger partial charge in [0.2, 0.25) is 0 Å². The Balaban J connectivity index is 2.23. The molecule has 0 radical (unpaired) electrons. The Kier molecular flexibility index (Phi) is 4.39. The van der Waals surface area contributed by atoms with Crippen LogP contribution >= 0.6 is 11.6 Å². The number of rotatable bonds is 4. The fourth-order valence-corrected chi connectivity index (χ4v) is 1.88. The molecule has 2 aromatic rings. The van der Waals surface area contributed by atoms with E-state index in [2.05, 4.69) is 5.32 Å². The maximum atomic E-state index is 12.1. The molecule has 108 valence electrons. The third kappa shape index (κ3) is 3.49. The molecule has 0 saturated carbocycles. The average Bonchev–Trinajstić information content (AvgIpc) is 2.49. The normalized spacial score (nSPS) is 10.0. The topological polar surface area (TPSA) is 81.5 Å². The van der Waals surface area contributed by atoms with Crippen LogP contribution in [0.1, 0.15) is 10.4 Å². The summed E-state index contributed by atoms with van der Waals surface area (Å²) in [6.07, 6.45) is 0. The molecule has 2 aromatic carbocycles. The van der Waals surface area contributed by atoms with E-state index in [4.69, 9.17) is 16.3 Å². The number of ether oxygens (including phenoxy) is 1. The SMILES string of the molecule is COc1cccc(C(=O)Nc2ccc(Cl)c([N+](=O)[O-])c2)c1. The summed E-state index contributed by atoms with van der Waals surface area (Å²) in [4.78, 5) is 22.3. The molecule has 0 bridgehead atoms. The van der Waals surface area contributed by atoms with Crippen LogP contribution in [0.4, 0.5) is 11.4 Å². The summed E-state index contributed by atoms with van der Waals surface area (Å²) in [5.41, 5.74) is 0.408. The third-order valence-corrected chi connectivity index (χ3v) is 3.05. The summed E-state index contributed by atoms with van der Waals surface area (Å²) < 4.78 is 5.03. The molecule has 0 fully saturated rings. The summed E-state index contributed by atoms with van der Waals surface area (Å²) in [5, 5.41) is 13.4. The van der Waals surface area contributed by atoms with Gasteiger partial charge in [0, 0.05) is 17.3 Å². The van der Waals surface area contributed by atoms with Crippen molar-refractivity contribution >= 4 is 28.9 Å². The maximum absolute atomic E-state index is 12.1. The minimum absolute atomic E-state index is 0.0133. The molecule has 6 nitrogen and oxygen atoms in total. The van der Waals surface area contributed by atoms with Gasteiger partial charge in [0.05, 0.1) is 12.0 Å². The summed E-state index contributed by atoms with van der Waals surface area (Å²) in [6, 6.07) is 10.6. The number of nitro groups is 1. The van der Waals surface area contributed by atoms with Gasteiger partial charge in [-0.15, -0.1) is 0 Å². The highest BCUT2D eigenvalue weighted by Crippen LogP contribution is 2.27. The molecule has 0 saturated heterocycles. The van der Waals surface area contributed by atoms with Crippen LogP contribution in [0.25, 0.3) is 0 Å². The van der Waals surface area contributed by atoms with Crippen molar-refractivity contribution in [2.24, 2.45) is 0 Å². The zero-order chi connectivity index (χ0) is 15.4. The lowest BCUT2D eigenvalue weighted by atomic mass is 10.2. The van der Waals surface area contributed by atoms with Gasteiger partial charge in [-0.25, -0.2) is 0 Å². The van der Waals surface area contributed by atoms with Crippen LogP contribution in [0.5, 0.6) is 5.75 Å². The number of benzene rings is 2. The van der Waals surface area contributed by atoms with Crippen molar-refractivity contribution in [3.63, 3.8) is 0 Å². The van der Waals surface area contributed by atoms with E-state index in [0.29, 0.717) is 17.0 Å². The average molecular weight is 307 g/mol. The lowest BCUT2D eigenvalue weighted by Crippen LogP contribution is -2.12. The number of hydrogen-bond donors (Lipinski definition) is 1. The first-order valence-corrected chi connectivity index (χ1v) is 6.28. The Bertz CT molecular complexity index is 703. The highest BCUT2D eigenvalue weighted by Gasteiger charge is 2.14. The predicted octanol–water partition coefficient (Wildman–Crippen LogP) is 3.51. The second-order valence-corrected chi connectivity index (χ2v) is 4.52. The third-order valence-electron chi connectivity index (χ3n) is 2.73. The first-order chi connectivity index (χ1) is 10.0. The van der Waals surface area contributed by atoms with E-state index >= 15 is 0 Å². The molecule has 7 heteroatoms. The summed E-state index contributed by atoms with van der Waals surface area (Å²) in [6.45, 7) is 0. The number of nitrogens with zero attached hydrogens (tertiary/aromatic N) is 1. The van der Waals surface area contributed by atoms with Crippen molar-refractivity contribution in [1.29, 1.82) is 0 Å². The predicted molar refractivity (Wildman–Crippen MR) is 79.1 cm³/mol. The number of methoxy groups -OCH3 is 1. The minimum Gasteiger partial charge on any atom is -0.497 e. The van der Waals surface area contributed by atoms with Crippen LogP contribution in [-0.2, 0) is 0 Å². The molecule has 1 amide bonds. The highest BCUT2D eigenvalue weighted by molar-refractivity contribution is 6.32. The first-order valence-electron chi connectivity index (χ1n) is 5.90. The van der Waals surface area contributed by atoms with Crippen LogP contribution in [0.15, 0.2) is 42.5 Å². The van der Waals surface area contributed by atoms with Crippen molar-refractivity contribution in [3.05, 3.63) is 63.2 Å². The highest BCUT2D eigenvalue weighted by atomic mass is 35.5. The number of amides is 1. The van der Waals surface area contributed by atoms with Gasteiger partial charge < -0.3 is 10.1 Å². The fourth-order valence-electron chi connectivity index (χ4n) is 1.70. The molecule has 0 aromatic heterocycles. The summed E-state index contributed by atoms with van der Waals surface area (Å²) in [5.74, 6) is 0.148. The molecule has 2 rings (SSSR count). The van der Waals surface area contributed by atoms with Gasteiger partial charge in [0.1, 0.15) is 10.8 Å². The van der Waals surface area contributed by atoms with E-state index in [0.717, 1.165) is 0 Å². The molecule has 0 aliphatic heterocycles. The lowest BCUT2D eigenvalue weighted by Gasteiger charge is -2.07. The van der Waals surface area contributed by atoms with Gasteiger partial charge in [0.25, 0.3) is 11.6 Å². The Labute approximate surface area is 125 Å². The van der Waals surface area contributed by atoms with E-state index in [1.807, 2.05) is 0 Å². The van der Waals surface area contributed by atoms with Crippen molar-refractivity contribution in [1.82, 2.24) is 0 Å². The van der Waals surface area contributed by atoms with Gasteiger partial charge in [-0.05, 0) is 30.3 Å². The van der Waals surface area contributed by atoms with E-state index < -0.39 is 10.8 Å². The molecule has 0 aliphatic rings. The number of nitro benzene ring substituents is 1. The number of hydrogen-bond acceptors (Lipinski definition) is 4. The minimum atomic E-state index is -0.608. The van der Waals surface area contributed by atoms with Crippen molar-refractivity contribution < 1.29 is 14.5 Å². The van der Waals surface area contributed by atoms with Gasteiger partial charge >= 0.3 is 0 Å². The van der Waals surface area contributed by atoms with E-state index in [-0.39, 0.29) is 10.7 Å². The van der Waals surface area contributed by atoms with Crippen LogP contribution in [0.2, 0.25) is 5.02 Å². The quantitative estimate of drug-likeness (QED) is 0.692. The monoisotopic (exact) mass is 306 g/mol. The molecular weight excluding hydrogens is 296 g/mol. The zero-order valence-corrected chi connectivity index (χ0v) is 11.8. The molecule has 0 aliphatic carbocycles. The Morgan fingerprint density at radius 2 is 2.05 bits per heavy atom. The van der Waals surface area contributed by atoms with Crippen molar-refractivity contribution in [2.75, 3.05) is 12.4 Å². The second-order valence-electron chi connectivity index (χ2n) is 4.11. The number of carbonyl (C=O) groups excluding carboxylic acids is 1. The Morgan fingerprint density at radius 1 is 1.29 bits per heavy atom. The summed E-state index contributed by atoms with van der Waals surface area (Å²) >= 11 is 5.71. The van der Waals surface area contributed by atoms with Crippen molar-refractivity contribution in [2.45, 2.75) is 0 Å².